The number of para-hydroxylation sites is 2. The third kappa shape index (κ3) is 6.52. The molecule has 0 bridgehead atoms. The van der Waals surface area contributed by atoms with Crippen LogP contribution < -0.4 is 14.8 Å². The first-order valence-electron chi connectivity index (χ1n) is 12.6. The number of fused-ring (bicyclic) bond motifs is 1. The number of aromatic nitrogens is 2. The molecule has 3 aromatic rings. The first kappa shape index (κ1) is 25.6. The van der Waals surface area contributed by atoms with Crippen LogP contribution in [-0.4, -0.2) is 29.7 Å². The van der Waals surface area contributed by atoms with Crippen molar-refractivity contribution < 1.29 is 14.3 Å². The maximum Gasteiger partial charge on any atom is 0.251 e. The molecule has 0 saturated heterocycles. The number of carbonyl (C=O) groups is 1. The first-order chi connectivity index (χ1) is 16.6. The molecule has 0 spiro atoms. The van der Waals surface area contributed by atoms with E-state index in [-0.39, 0.29) is 11.9 Å². The van der Waals surface area contributed by atoms with Gasteiger partial charge in [-0.2, -0.15) is 0 Å². The molecule has 1 atom stereocenters. The van der Waals surface area contributed by atoms with E-state index in [1.807, 2.05) is 25.1 Å². The van der Waals surface area contributed by atoms with Crippen molar-refractivity contribution in [1.29, 1.82) is 0 Å². The number of amides is 1. The summed E-state index contributed by atoms with van der Waals surface area (Å²) in [6, 6.07) is 13.2. The van der Waals surface area contributed by atoms with Crippen LogP contribution >= 0.6 is 0 Å². The summed E-state index contributed by atoms with van der Waals surface area (Å²) in [5.41, 5.74) is 2.60. The second-order valence-electron chi connectivity index (χ2n) is 8.85. The number of ether oxygens (including phenoxy) is 2. The van der Waals surface area contributed by atoms with E-state index in [9.17, 15) is 4.79 Å². The zero-order chi connectivity index (χ0) is 24.3. The Morgan fingerprint density at radius 2 is 1.62 bits per heavy atom. The standard InChI is InChI=1S/C28H39N3O3/c1-5-6-7-8-9-10-11-14-19-31-24-16-13-12-15-23(24)30-27(31)21(2)29-28(32)22-17-18-25(33-3)26(20-22)34-4/h12-13,15-18,20-21H,5-11,14,19H2,1-4H3,(H,29,32). The van der Waals surface area contributed by atoms with Crippen LogP contribution in [0.4, 0.5) is 0 Å². The number of methoxy groups -OCH3 is 2. The lowest BCUT2D eigenvalue weighted by Crippen LogP contribution is -2.28. The lowest BCUT2D eigenvalue weighted by molar-refractivity contribution is 0.0937. The van der Waals surface area contributed by atoms with E-state index in [0.717, 1.165) is 29.8 Å². The van der Waals surface area contributed by atoms with Crippen LogP contribution in [0.15, 0.2) is 42.5 Å². The van der Waals surface area contributed by atoms with Crippen molar-refractivity contribution in [3.63, 3.8) is 0 Å². The molecule has 0 fully saturated rings. The maximum atomic E-state index is 13.0. The molecule has 3 rings (SSSR count). The van der Waals surface area contributed by atoms with Crippen molar-refractivity contribution in [2.75, 3.05) is 14.2 Å². The van der Waals surface area contributed by atoms with Crippen LogP contribution in [0.1, 0.15) is 87.4 Å². The van der Waals surface area contributed by atoms with Crippen molar-refractivity contribution >= 4 is 16.9 Å². The van der Waals surface area contributed by atoms with E-state index in [2.05, 4.69) is 22.9 Å². The Labute approximate surface area is 203 Å². The Hall–Kier alpha value is -3.02. The summed E-state index contributed by atoms with van der Waals surface area (Å²) in [6.07, 6.45) is 10.2. The molecule has 6 nitrogen and oxygen atoms in total. The number of unbranched alkanes of at least 4 members (excludes halogenated alkanes) is 7. The van der Waals surface area contributed by atoms with E-state index in [1.54, 1.807) is 32.4 Å². The van der Waals surface area contributed by atoms with Crippen LogP contribution in [0.5, 0.6) is 11.5 Å². The van der Waals surface area contributed by atoms with Gasteiger partial charge in [-0.15, -0.1) is 0 Å². The van der Waals surface area contributed by atoms with Crippen molar-refractivity contribution in [2.45, 2.75) is 77.8 Å². The topological polar surface area (TPSA) is 65.4 Å². The third-order valence-corrected chi connectivity index (χ3v) is 6.30. The molecule has 1 unspecified atom stereocenters. The molecule has 0 radical (unpaired) electrons. The molecule has 1 aromatic heterocycles. The number of aryl methyl sites for hydroxylation is 1. The molecule has 1 amide bonds. The maximum absolute atomic E-state index is 13.0. The Balaban J connectivity index is 1.67. The number of imidazole rings is 1. The molecule has 34 heavy (non-hydrogen) atoms. The average molecular weight is 466 g/mol. The highest BCUT2D eigenvalue weighted by Crippen LogP contribution is 2.28. The van der Waals surface area contributed by atoms with Crippen LogP contribution in [-0.2, 0) is 6.54 Å². The second-order valence-corrected chi connectivity index (χ2v) is 8.85. The zero-order valence-corrected chi connectivity index (χ0v) is 21.1. The van der Waals surface area contributed by atoms with E-state index >= 15 is 0 Å². The van der Waals surface area contributed by atoms with Gasteiger partial charge >= 0.3 is 0 Å². The number of carbonyl (C=O) groups excluding carboxylic acids is 1. The van der Waals surface area contributed by atoms with Crippen LogP contribution in [0, 0.1) is 0 Å². The molecular formula is C28H39N3O3. The summed E-state index contributed by atoms with van der Waals surface area (Å²) in [4.78, 5) is 17.9. The van der Waals surface area contributed by atoms with Crippen molar-refractivity contribution in [2.24, 2.45) is 0 Å². The summed E-state index contributed by atoms with van der Waals surface area (Å²) in [6.45, 7) is 5.15. The monoisotopic (exact) mass is 465 g/mol. The van der Waals surface area contributed by atoms with Gasteiger partial charge in [0, 0.05) is 12.1 Å². The van der Waals surface area contributed by atoms with Gasteiger partial charge in [0.1, 0.15) is 5.82 Å². The quantitative estimate of drug-likeness (QED) is 0.270. The fourth-order valence-electron chi connectivity index (χ4n) is 4.39. The van der Waals surface area contributed by atoms with E-state index < -0.39 is 0 Å². The Bertz CT molecular complexity index is 1060. The van der Waals surface area contributed by atoms with E-state index in [4.69, 9.17) is 14.5 Å². The minimum Gasteiger partial charge on any atom is -0.493 e. The summed E-state index contributed by atoms with van der Waals surface area (Å²) < 4.78 is 12.9. The van der Waals surface area contributed by atoms with Gasteiger partial charge in [0.05, 0.1) is 31.3 Å². The van der Waals surface area contributed by atoms with Crippen molar-refractivity contribution in [3.8, 4) is 11.5 Å². The fourth-order valence-corrected chi connectivity index (χ4v) is 4.39. The first-order valence-corrected chi connectivity index (χ1v) is 12.6. The van der Waals surface area contributed by atoms with Crippen LogP contribution in [0.25, 0.3) is 11.0 Å². The molecule has 2 aromatic carbocycles. The lowest BCUT2D eigenvalue weighted by Gasteiger charge is -2.17. The molecule has 184 valence electrons. The average Bonchev–Trinajstić information content (AvgIpc) is 3.23. The number of nitrogens with one attached hydrogen (secondary N) is 1. The van der Waals surface area contributed by atoms with Crippen LogP contribution in [0.2, 0.25) is 0 Å². The Morgan fingerprint density at radius 3 is 2.32 bits per heavy atom. The molecule has 6 heteroatoms. The smallest absolute Gasteiger partial charge is 0.251 e. The zero-order valence-electron chi connectivity index (χ0n) is 21.1. The normalized spacial score (nSPS) is 12.0. The molecule has 1 N–H and O–H groups in total. The van der Waals surface area contributed by atoms with Gasteiger partial charge in [0.15, 0.2) is 11.5 Å². The molecule has 0 saturated carbocycles. The molecular weight excluding hydrogens is 426 g/mol. The van der Waals surface area contributed by atoms with E-state index in [1.165, 1.54) is 44.9 Å². The summed E-state index contributed by atoms with van der Waals surface area (Å²) >= 11 is 0. The molecule has 0 aliphatic heterocycles. The third-order valence-electron chi connectivity index (χ3n) is 6.30. The number of benzene rings is 2. The van der Waals surface area contributed by atoms with Gasteiger partial charge in [-0.25, -0.2) is 4.98 Å². The van der Waals surface area contributed by atoms with Gasteiger partial charge in [0.25, 0.3) is 5.91 Å². The SMILES string of the molecule is CCCCCCCCCCn1c(C(C)NC(=O)c2ccc(OC)c(OC)c2)nc2ccccc21. The Morgan fingerprint density at radius 1 is 0.941 bits per heavy atom. The molecule has 1 heterocycles. The van der Waals surface area contributed by atoms with Gasteiger partial charge < -0.3 is 19.4 Å². The largest absolute Gasteiger partial charge is 0.493 e. The number of hydrogen-bond acceptors (Lipinski definition) is 4. The predicted octanol–water partition coefficient (Wildman–Crippen LogP) is 6.69. The predicted molar refractivity (Wildman–Crippen MR) is 138 cm³/mol. The highest BCUT2D eigenvalue weighted by molar-refractivity contribution is 5.95. The highest BCUT2D eigenvalue weighted by atomic mass is 16.5. The van der Waals surface area contributed by atoms with Crippen molar-refractivity contribution in [1.82, 2.24) is 14.9 Å². The fraction of sp³-hybridized carbons (Fsp3) is 0.500. The number of rotatable bonds is 14. The number of hydrogen-bond donors (Lipinski definition) is 1. The second kappa shape index (κ2) is 13.0. The van der Waals surface area contributed by atoms with Gasteiger partial charge in [-0.1, -0.05) is 64.0 Å². The summed E-state index contributed by atoms with van der Waals surface area (Å²) in [5, 5.41) is 3.11. The lowest BCUT2D eigenvalue weighted by atomic mass is 10.1. The van der Waals surface area contributed by atoms with Crippen LogP contribution in [0.3, 0.4) is 0 Å². The van der Waals surface area contributed by atoms with Gasteiger partial charge in [-0.3, -0.25) is 4.79 Å². The molecule has 0 aliphatic rings. The summed E-state index contributed by atoms with van der Waals surface area (Å²) in [7, 11) is 3.15. The highest BCUT2D eigenvalue weighted by Gasteiger charge is 2.20. The molecule has 0 aliphatic carbocycles. The van der Waals surface area contributed by atoms with Crippen molar-refractivity contribution in [3.05, 3.63) is 53.9 Å². The van der Waals surface area contributed by atoms with Gasteiger partial charge in [-0.05, 0) is 43.7 Å². The minimum atomic E-state index is -0.234. The number of nitrogens with zero attached hydrogens (tertiary/aromatic N) is 2. The van der Waals surface area contributed by atoms with E-state index in [0.29, 0.717) is 17.1 Å². The minimum absolute atomic E-state index is 0.167. The summed E-state index contributed by atoms with van der Waals surface area (Å²) in [5.74, 6) is 1.85. The van der Waals surface area contributed by atoms with Gasteiger partial charge in [0.2, 0.25) is 0 Å². The Kier molecular flexibility index (Phi) is 9.80.